The second-order valence-electron chi connectivity index (χ2n) is 9.04. The van der Waals surface area contributed by atoms with E-state index in [1.165, 1.54) is 12.4 Å². The normalized spacial score (nSPS) is 16.3. The van der Waals surface area contributed by atoms with Crippen LogP contribution in [0.15, 0.2) is 61.1 Å². The minimum Gasteiger partial charge on any atom is -0.355 e. The second kappa shape index (κ2) is 9.60. The summed E-state index contributed by atoms with van der Waals surface area (Å²) in [6.07, 6.45) is 0.440. The molecule has 0 bridgehead atoms. The van der Waals surface area contributed by atoms with Gasteiger partial charge in [0.1, 0.15) is 12.1 Å². The van der Waals surface area contributed by atoms with Crippen molar-refractivity contribution in [2.75, 3.05) is 18.0 Å². The molecule has 186 valence electrons. The van der Waals surface area contributed by atoms with Crippen LogP contribution in [0.3, 0.4) is 0 Å². The molecule has 7 nitrogen and oxygen atoms in total. The number of hydrogen-bond acceptors (Lipinski definition) is 5. The van der Waals surface area contributed by atoms with Crippen LogP contribution in [0, 0.1) is 12.8 Å². The molecular weight excluding hydrogens is 469 g/mol. The molecule has 1 saturated heterocycles. The molecule has 36 heavy (non-hydrogen) atoms. The van der Waals surface area contributed by atoms with Crippen molar-refractivity contribution in [3.05, 3.63) is 77.7 Å². The summed E-state index contributed by atoms with van der Waals surface area (Å²) in [6.45, 7) is 3.26. The molecule has 0 aliphatic carbocycles. The molecule has 1 fully saturated rings. The highest BCUT2D eigenvalue weighted by molar-refractivity contribution is 5.87. The molecule has 0 radical (unpaired) electrons. The monoisotopic (exact) mass is 494 g/mol. The number of halogens is 3. The van der Waals surface area contributed by atoms with Gasteiger partial charge in [0.05, 0.1) is 22.6 Å². The number of carbonyl (C=O) groups is 1. The van der Waals surface area contributed by atoms with Crippen molar-refractivity contribution in [3.63, 3.8) is 0 Å². The molecule has 1 N–H and O–H groups in total. The Morgan fingerprint density at radius 3 is 2.72 bits per heavy atom. The number of hydrogen-bond donors (Lipinski definition) is 1. The lowest BCUT2D eigenvalue weighted by molar-refractivity contribution is -0.137. The number of piperidine rings is 1. The number of aromatic nitrogens is 4. The van der Waals surface area contributed by atoms with E-state index in [0.29, 0.717) is 30.0 Å². The van der Waals surface area contributed by atoms with Crippen LogP contribution in [0.1, 0.15) is 29.5 Å². The third kappa shape index (κ3) is 5.02. The smallest absolute Gasteiger partial charge is 0.355 e. The van der Waals surface area contributed by atoms with Crippen LogP contribution in [0.25, 0.3) is 16.7 Å². The van der Waals surface area contributed by atoms with Crippen molar-refractivity contribution >= 4 is 22.8 Å². The maximum atomic E-state index is 13.0. The lowest BCUT2D eigenvalue weighted by atomic mass is 9.97. The fourth-order valence-corrected chi connectivity index (χ4v) is 4.48. The molecule has 1 atom stereocenters. The number of fused-ring (bicyclic) bond motifs is 1. The Bertz CT molecular complexity index is 1380. The zero-order valence-corrected chi connectivity index (χ0v) is 19.7. The van der Waals surface area contributed by atoms with Crippen molar-refractivity contribution in [1.82, 2.24) is 25.1 Å². The first-order chi connectivity index (χ1) is 17.3. The molecule has 10 heteroatoms. The molecular formula is C26H25F3N6O. The van der Waals surface area contributed by atoms with Crippen molar-refractivity contribution in [3.8, 4) is 5.69 Å². The second-order valence-corrected chi connectivity index (χ2v) is 9.04. The first-order valence-corrected chi connectivity index (χ1v) is 11.7. The third-order valence-corrected chi connectivity index (χ3v) is 6.41. The van der Waals surface area contributed by atoms with Crippen LogP contribution in [-0.4, -0.2) is 38.7 Å². The summed E-state index contributed by atoms with van der Waals surface area (Å²) in [5.41, 5.74) is 2.32. The van der Waals surface area contributed by atoms with Crippen LogP contribution in [0.5, 0.6) is 0 Å². The lowest BCUT2D eigenvalue weighted by Gasteiger charge is -2.33. The summed E-state index contributed by atoms with van der Waals surface area (Å²) in [5.74, 6) is 0.230. The maximum Gasteiger partial charge on any atom is 0.416 e. The van der Waals surface area contributed by atoms with Crippen molar-refractivity contribution < 1.29 is 18.0 Å². The highest BCUT2D eigenvalue weighted by atomic mass is 19.4. The van der Waals surface area contributed by atoms with E-state index in [1.54, 1.807) is 10.7 Å². The maximum absolute atomic E-state index is 13.0. The number of carbonyl (C=O) groups excluding carboxylic acids is 1. The van der Waals surface area contributed by atoms with Crippen molar-refractivity contribution in [1.29, 1.82) is 0 Å². The van der Waals surface area contributed by atoms with Crippen LogP contribution in [-0.2, 0) is 17.5 Å². The molecule has 2 aromatic heterocycles. The molecule has 2 aromatic carbocycles. The van der Waals surface area contributed by atoms with Crippen LogP contribution >= 0.6 is 0 Å². The summed E-state index contributed by atoms with van der Waals surface area (Å²) in [7, 11) is 0. The van der Waals surface area contributed by atoms with E-state index in [2.05, 4.69) is 25.3 Å². The summed E-state index contributed by atoms with van der Waals surface area (Å²) < 4.78 is 40.7. The average molecular weight is 495 g/mol. The van der Waals surface area contributed by atoms with Gasteiger partial charge in [0.25, 0.3) is 0 Å². The molecule has 0 unspecified atom stereocenters. The molecule has 0 spiro atoms. The first kappa shape index (κ1) is 23.8. The Hall–Kier alpha value is -3.95. The van der Waals surface area contributed by atoms with Crippen LogP contribution in [0.2, 0.25) is 0 Å². The molecule has 3 heterocycles. The van der Waals surface area contributed by atoms with Gasteiger partial charge in [0, 0.05) is 25.8 Å². The minimum atomic E-state index is -4.42. The van der Waals surface area contributed by atoms with E-state index in [9.17, 15) is 18.0 Å². The summed E-state index contributed by atoms with van der Waals surface area (Å²) >= 11 is 0. The van der Waals surface area contributed by atoms with Gasteiger partial charge >= 0.3 is 6.18 Å². The van der Waals surface area contributed by atoms with E-state index in [0.717, 1.165) is 41.7 Å². The zero-order chi connectivity index (χ0) is 25.3. The van der Waals surface area contributed by atoms with Crippen LogP contribution < -0.4 is 10.2 Å². The zero-order valence-electron chi connectivity index (χ0n) is 19.7. The highest BCUT2D eigenvalue weighted by Gasteiger charge is 2.31. The number of aryl methyl sites for hydroxylation is 1. The molecule has 5 rings (SSSR count). The van der Waals surface area contributed by atoms with Crippen molar-refractivity contribution in [2.24, 2.45) is 5.92 Å². The predicted molar refractivity (Wildman–Crippen MR) is 130 cm³/mol. The van der Waals surface area contributed by atoms with Gasteiger partial charge in [-0.05, 0) is 49.6 Å². The quantitative estimate of drug-likeness (QED) is 0.436. The van der Waals surface area contributed by atoms with Crippen LogP contribution in [0.4, 0.5) is 19.0 Å². The molecule has 1 aliphatic rings. The number of rotatable bonds is 5. The van der Waals surface area contributed by atoms with E-state index in [-0.39, 0.29) is 18.4 Å². The van der Waals surface area contributed by atoms with E-state index < -0.39 is 11.7 Å². The molecule has 0 saturated carbocycles. The third-order valence-electron chi connectivity index (χ3n) is 6.41. The Morgan fingerprint density at radius 2 is 1.94 bits per heavy atom. The summed E-state index contributed by atoms with van der Waals surface area (Å²) in [4.78, 5) is 23.8. The van der Waals surface area contributed by atoms with Gasteiger partial charge in [-0.25, -0.2) is 14.6 Å². The number of anilines is 1. The summed E-state index contributed by atoms with van der Waals surface area (Å²) in [6, 6.07) is 13.0. The average Bonchev–Trinajstić information content (AvgIpc) is 3.32. The predicted octanol–water partition coefficient (Wildman–Crippen LogP) is 4.68. The van der Waals surface area contributed by atoms with E-state index in [4.69, 9.17) is 0 Å². The number of alkyl halides is 3. The molecule has 4 aromatic rings. The van der Waals surface area contributed by atoms with Gasteiger partial charge in [-0.1, -0.05) is 29.8 Å². The van der Waals surface area contributed by atoms with Gasteiger partial charge in [-0.15, -0.1) is 5.10 Å². The topological polar surface area (TPSA) is 75.9 Å². The van der Waals surface area contributed by atoms with Gasteiger partial charge in [-0.2, -0.15) is 13.2 Å². The number of nitrogens with one attached hydrogen (secondary N) is 1. The number of benzene rings is 2. The van der Waals surface area contributed by atoms with Gasteiger partial charge in [0.2, 0.25) is 5.91 Å². The van der Waals surface area contributed by atoms with Gasteiger partial charge in [-0.3, -0.25) is 4.79 Å². The minimum absolute atomic E-state index is 0.0420. The fourth-order valence-electron chi connectivity index (χ4n) is 4.48. The first-order valence-electron chi connectivity index (χ1n) is 11.7. The number of nitrogens with zero attached hydrogens (tertiary/aromatic N) is 5. The standard InChI is InChI=1S/C26H25F3N6O/c1-17-7-9-21(10-8-17)35-15-22-23(33-35)31-16-32-24(22)34-11-3-5-19(14-34)25(36)30-13-18-4-2-6-20(12-18)26(27,28)29/h2,4,6-10,12,15-16,19H,3,5,11,13-14H2,1H3,(H,30,36)/t19-/m0/s1. The largest absolute Gasteiger partial charge is 0.416 e. The Morgan fingerprint density at radius 1 is 1.14 bits per heavy atom. The Kier molecular flexibility index (Phi) is 6.34. The SMILES string of the molecule is Cc1ccc(-n2cc3c(N4CCC[C@H](C(=O)NCc5cccc(C(F)(F)F)c5)C4)ncnc3n2)cc1. The lowest BCUT2D eigenvalue weighted by Crippen LogP contribution is -2.43. The molecule has 1 aliphatic heterocycles. The van der Waals surface area contributed by atoms with Gasteiger partial charge in [0.15, 0.2) is 5.65 Å². The highest BCUT2D eigenvalue weighted by Crippen LogP contribution is 2.30. The van der Waals surface area contributed by atoms with E-state index in [1.807, 2.05) is 37.4 Å². The van der Waals surface area contributed by atoms with Gasteiger partial charge < -0.3 is 10.2 Å². The Labute approximate surface area is 206 Å². The number of amides is 1. The fraction of sp³-hybridized carbons (Fsp3) is 0.308. The Balaban J connectivity index is 1.30. The summed E-state index contributed by atoms with van der Waals surface area (Å²) in [5, 5.41) is 8.19. The van der Waals surface area contributed by atoms with E-state index >= 15 is 0 Å². The van der Waals surface area contributed by atoms with Crippen molar-refractivity contribution in [2.45, 2.75) is 32.5 Å². The molecule has 1 amide bonds.